The highest BCUT2D eigenvalue weighted by atomic mass is 15.0. The molecule has 25 heavy (non-hydrogen) atoms. The van der Waals surface area contributed by atoms with Crippen molar-refractivity contribution in [2.24, 2.45) is 46.3 Å². The lowest BCUT2D eigenvalue weighted by Gasteiger charge is -2.60. The van der Waals surface area contributed by atoms with E-state index in [1.54, 1.807) is 0 Å². The third-order valence-corrected chi connectivity index (χ3v) is 9.59. The summed E-state index contributed by atoms with van der Waals surface area (Å²) in [6, 6.07) is 0.603. The quantitative estimate of drug-likeness (QED) is 0.698. The maximum Gasteiger partial charge on any atom is 0.0164 e. The summed E-state index contributed by atoms with van der Waals surface area (Å²) in [6.45, 7) is 16.0. The van der Waals surface area contributed by atoms with Crippen LogP contribution in [0, 0.1) is 46.3 Å². The van der Waals surface area contributed by atoms with Gasteiger partial charge in [0.15, 0.2) is 0 Å². The molecule has 0 saturated heterocycles. The Labute approximate surface area is 156 Å². The molecule has 0 radical (unpaired) electrons. The molecule has 6 saturated carbocycles. The molecule has 6 aliphatic carbocycles. The number of rotatable bonds is 7. The molecular weight excluding hydrogens is 304 g/mol. The van der Waals surface area contributed by atoms with Crippen molar-refractivity contribution in [3.05, 3.63) is 0 Å². The van der Waals surface area contributed by atoms with Gasteiger partial charge in [-0.25, -0.2) is 0 Å². The predicted molar refractivity (Wildman–Crippen MR) is 107 cm³/mol. The summed E-state index contributed by atoms with van der Waals surface area (Å²) >= 11 is 0. The first-order valence-corrected chi connectivity index (χ1v) is 11.2. The van der Waals surface area contributed by atoms with Crippen LogP contribution in [-0.2, 0) is 0 Å². The minimum atomic E-state index is 0.603. The van der Waals surface area contributed by atoms with Crippen molar-refractivity contribution in [3.63, 3.8) is 0 Å². The molecule has 2 nitrogen and oxygen atoms in total. The standard InChI is InChI=1S/C23H42N2/c1-15(25-14-17-7-9-19-11-21(17)23(19,4)5)12-24-13-16-6-8-18-10-20(16)22(18,2)3/h15-21,24-25H,6-14H2,1-5H3/t15?,16-,17-,18?,19?,20-,21-/m0/s1. The van der Waals surface area contributed by atoms with Gasteiger partial charge in [0.2, 0.25) is 0 Å². The van der Waals surface area contributed by atoms with E-state index in [9.17, 15) is 0 Å². The van der Waals surface area contributed by atoms with Crippen LogP contribution in [0.1, 0.15) is 73.1 Å². The van der Waals surface area contributed by atoms with E-state index in [0.717, 1.165) is 42.1 Å². The summed E-state index contributed by atoms with van der Waals surface area (Å²) in [6.07, 6.45) is 8.89. The van der Waals surface area contributed by atoms with E-state index < -0.39 is 0 Å². The van der Waals surface area contributed by atoms with Gasteiger partial charge in [-0.05, 0) is 105 Å². The molecule has 3 unspecified atom stereocenters. The van der Waals surface area contributed by atoms with Crippen LogP contribution in [0.15, 0.2) is 0 Å². The Morgan fingerprint density at radius 3 is 1.80 bits per heavy atom. The smallest absolute Gasteiger partial charge is 0.0164 e. The Kier molecular flexibility index (Phi) is 4.77. The van der Waals surface area contributed by atoms with E-state index >= 15 is 0 Å². The molecule has 144 valence electrons. The summed E-state index contributed by atoms with van der Waals surface area (Å²) in [5.41, 5.74) is 1.25. The van der Waals surface area contributed by atoms with Crippen LogP contribution in [0.4, 0.5) is 0 Å². The van der Waals surface area contributed by atoms with Crippen molar-refractivity contribution in [3.8, 4) is 0 Å². The first kappa shape index (κ1) is 18.3. The minimum absolute atomic E-state index is 0.603. The van der Waals surface area contributed by atoms with Crippen molar-refractivity contribution in [1.29, 1.82) is 0 Å². The first-order chi connectivity index (χ1) is 11.8. The molecule has 0 amide bonds. The van der Waals surface area contributed by atoms with Gasteiger partial charge in [0.05, 0.1) is 0 Å². The highest BCUT2D eigenvalue weighted by Gasteiger charge is 2.54. The molecule has 0 aromatic heterocycles. The molecule has 2 N–H and O–H groups in total. The third kappa shape index (κ3) is 3.10. The zero-order chi connectivity index (χ0) is 17.8. The molecule has 7 atom stereocenters. The Balaban J connectivity index is 1.15. The van der Waals surface area contributed by atoms with Gasteiger partial charge in [-0.1, -0.05) is 27.7 Å². The van der Waals surface area contributed by atoms with Crippen LogP contribution in [0.25, 0.3) is 0 Å². The second-order valence-electron chi connectivity index (χ2n) is 11.4. The SMILES string of the molecule is CC(CNC[C@@H]1CCC2C[C@@H]1C2(C)C)NC[C@@H]1CCC2C[C@@H]1C2(C)C. The van der Waals surface area contributed by atoms with Crippen LogP contribution in [0.3, 0.4) is 0 Å². The van der Waals surface area contributed by atoms with Crippen LogP contribution >= 0.6 is 0 Å². The molecule has 0 spiro atoms. The Morgan fingerprint density at radius 1 is 0.800 bits per heavy atom. The molecule has 6 aliphatic rings. The second kappa shape index (κ2) is 6.51. The lowest BCUT2D eigenvalue weighted by atomic mass is 9.45. The highest BCUT2D eigenvalue weighted by Crippen LogP contribution is 2.62. The summed E-state index contributed by atoms with van der Waals surface area (Å²) in [5, 5.41) is 7.67. The molecule has 0 aromatic rings. The van der Waals surface area contributed by atoms with Gasteiger partial charge >= 0.3 is 0 Å². The van der Waals surface area contributed by atoms with Crippen molar-refractivity contribution in [2.45, 2.75) is 79.2 Å². The summed E-state index contributed by atoms with van der Waals surface area (Å²) in [4.78, 5) is 0. The molecule has 4 bridgehead atoms. The van der Waals surface area contributed by atoms with Crippen LogP contribution in [-0.4, -0.2) is 25.7 Å². The van der Waals surface area contributed by atoms with Gasteiger partial charge in [-0.2, -0.15) is 0 Å². The molecule has 2 heteroatoms. The Hall–Kier alpha value is -0.0800. The number of hydrogen-bond donors (Lipinski definition) is 2. The van der Waals surface area contributed by atoms with Gasteiger partial charge in [0.1, 0.15) is 0 Å². The average Bonchev–Trinajstić information content (AvgIpc) is 2.60. The van der Waals surface area contributed by atoms with Crippen molar-refractivity contribution < 1.29 is 0 Å². The van der Waals surface area contributed by atoms with Crippen LogP contribution < -0.4 is 10.6 Å². The summed E-state index contributed by atoms with van der Waals surface area (Å²) in [5.74, 6) is 5.87. The fourth-order valence-electron chi connectivity index (χ4n) is 7.32. The third-order valence-electron chi connectivity index (χ3n) is 9.59. The van der Waals surface area contributed by atoms with E-state index in [1.165, 1.54) is 51.6 Å². The predicted octanol–water partition coefficient (Wildman–Crippen LogP) is 4.70. The largest absolute Gasteiger partial charge is 0.315 e. The number of nitrogens with one attached hydrogen (secondary N) is 2. The molecule has 6 fully saturated rings. The monoisotopic (exact) mass is 346 g/mol. The van der Waals surface area contributed by atoms with Gasteiger partial charge in [0, 0.05) is 12.6 Å². The lowest BCUT2D eigenvalue weighted by molar-refractivity contribution is -0.104. The molecule has 6 rings (SSSR count). The zero-order valence-electron chi connectivity index (χ0n) is 17.4. The molecular formula is C23H42N2. The highest BCUT2D eigenvalue weighted by molar-refractivity contribution is 5.04. The Bertz CT molecular complexity index is 478. The van der Waals surface area contributed by atoms with Gasteiger partial charge in [0.25, 0.3) is 0 Å². The summed E-state index contributed by atoms with van der Waals surface area (Å²) < 4.78 is 0. The maximum absolute atomic E-state index is 3.86. The normalized spacial score (nSPS) is 44.5. The minimum Gasteiger partial charge on any atom is -0.315 e. The first-order valence-electron chi connectivity index (χ1n) is 11.2. The molecule has 0 heterocycles. The van der Waals surface area contributed by atoms with Gasteiger partial charge in [-0.15, -0.1) is 0 Å². The second-order valence-corrected chi connectivity index (χ2v) is 11.4. The van der Waals surface area contributed by atoms with E-state index in [-0.39, 0.29) is 0 Å². The molecule has 0 aliphatic heterocycles. The zero-order valence-corrected chi connectivity index (χ0v) is 17.4. The van der Waals surface area contributed by atoms with Gasteiger partial charge in [-0.3, -0.25) is 0 Å². The van der Waals surface area contributed by atoms with E-state index in [2.05, 4.69) is 45.3 Å². The fourth-order valence-corrected chi connectivity index (χ4v) is 7.32. The van der Waals surface area contributed by atoms with E-state index in [4.69, 9.17) is 0 Å². The fraction of sp³-hybridized carbons (Fsp3) is 1.00. The topological polar surface area (TPSA) is 24.1 Å². The van der Waals surface area contributed by atoms with Gasteiger partial charge < -0.3 is 10.6 Å². The van der Waals surface area contributed by atoms with Crippen LogP contribution in [0.5, 0.6) is 0 Å². The number of hydrogen-bond acceptors (Lipinski definition) is 2. The van der Waals surface area contributed by atoms with E-state index in [1.807, 2.05) is 0 Å². The van der Waals surface area contributed by atoms with Crippen LogP contribution in [0.2, 0.25) is 0 Å². The lowest BCUT2D eigenvalue weighted by Crippen LogP contribution is -2.55. The maximum atomic E-state index is 3.86. The van der Waals surface area contributed by atoms with E-state index in [0.29, 0.717) is 16.9 Å². The van der Waals surface area contributed by atoms with Crippen molar-refractivity contribution in [2.75, 3.05) is 19.6 Å². The Morgan fingerprint density at radius 2 is 1.32 bits per heavy atom. The van der Waals surface area contributed by atoms with Crippen molar-refractivity contribution >= 4 is 0 Å². The average molecular weight is 347 g/mol. The van der Waals surface area contributed by atoms with Crippen molar-refractivity contribution in [1.82, 2.24) is 10.6 Å². The molecule has 0 aromatic carbocycles. The number of fused-ring (bicyclic) bond motifs is 4. The summed E-state index contributed by atoms with van der Waals surface area (Å²) in [7, 11) is 0.